The van der Waals surface area contributed by atoms with Gasteiger partial charge in [0.15, 0.2) is 5.82 Å². The largest absolute Gasteiger partial charge is 0.459 e. The van der Waals surface area contributed by atoms with Crippen molar-refractivity contribution in [1.82, 2.24) is 34.6 Å². The predicted molar refractivity (Wildman–Crippen MR) is 189 cm³/mol. The number of aryl methyl sites for hydroxylation is 1. The van der Waals surface area contributed by atoms with Crippen molar-refractivity contribution >= 4 is 40.4 Å². The Hall–Kier alpha value is -5.86. The predicted octanol–water partition coefficient (Wildman–Crippen LogP) is 5.51. The third-order valence-corrected chi connectivity index (χ3v) is 8.24. The molecule has 1 fully saturated rings. The maximum absolute atomic E-state index is 15.5. The van der Waals surface area contributed by atoms with Crippen molar-refractivity contribution < 1.29 is 23.5 Å². The fourth-order valence-electron chi connectivity index (χ4n) is 5.70. The Labute approximate surface area is 293 Å². The number of benzene rings is 2. The monoisotopic (exact) mass is 697 g/mol. The van der Waals surface area contributed by atoms with E-state index in [0.29, 0.717) is 33.8 Å². The lowest BCUT2D eigenvalue weighted by Gasteiger charge is -2.25. The van der Waals surface area contributed by atoms with Crippen LogP contribution in [0.25, 0.3) is 27.8 Å². The first-order valence-corrected chi connectivity index (χ1v) is 16.6. The van der Waals surface area contributed by atoms with E-state index >= 15 is 4.39 Å². The Morgan fingerprint density at radius 1 is 1.12 bits per heavy atom. The summed E-state index contributed by atoms with van der Waals surface area (Å²) >= 11 is 0. The smallest absolute Gasteiger partial charge is 0.408 e. The molecule has 14 nitrogen and oxygen atoms in total. The normalized spacial score (nSPS) is 13.6. The molecule has 0 bridgehead atoms. The number of carbonyl (C=O) groups excluding carboxylic acids is 2. The van der Waals surface area contributed by atoms with E-state index in [4.69, 9.17) is 15.2 Å². The molecule has 1 aliphatic carbocycles. The number of halogens is 1. The van der Waals surface area contributed by atoms with Crippen molar-refractivity contribution in [2.75, 3.05) is 11.1 Å². The standard InChI is InChI=1S/C36H40FN9O5/c1-19(2)29(41-35(49)51-36(3,4)5)32(48)50-18-25-24(30-42-33(38)44-34(43-30)40-23-16-39-45(6)17-23)8-7-9-27(25)46-13-12-21-14-22(20-10-11-20)15-26(37)28(21)31(46)47/h7-9,12-17,19-20,29H,10-11,18H2,1-6H3,(H,41,49)(H3,38,40,42,43,44). The Morgan fingerprint density at radius 3 is 2.55 bits per heavy atom. The lowest BCUT2D eigenvalue weighted by molar-refractivity contribution is -0.148. The van der Waals surface area contributed by atoms with Gasteiger partial charge < -0.3 is 25.8 Å². The fourth-order valence-corrected chi connectivity index (χ4v) is 5.70. The van der Waals surface area contributed by atoms with Crippen LogP contribution in [0.4, 0.5) is 26.8 Å². The molecule has 0 aliphatic heterocycles. The van der Waals surface area contributed by atoms with Crippen LogP contribution in [0.2, 0.25) is 0 Å². The summed E-state index contributed by atoms with van der Waals surface area (Å²) in [6, 6.07) is 8.92. The van der Waals surface area contributed by atoms with E-state index < -0.39 is 35.1 Å². The van der Waals surface area contributed by atoms with E-state index in [9.17, 15) is 14.4 Å². The molecule has 1 aliphatic rings. The average Bonchev–Trinajstić information content (AvgIpc) is 3.82. The van der Waals surface area contributed by atoms with Gasteiger partial charge in [-0.3, -0.25) is 14.0 Å². The highest BCUT2D eigenvalue weighted by Gasteiger charge is 2.30. The number of esters is 1. The number of alkyl carbamates (subject to hydrolysis) is 1. The van der Waals surface area contributed by atoms with Gasteiger partial charge in [-0.05, 0) is 74.6 Å². The van der Waals surface area contributed by atoms with Crippen molar-refractivity contribution in [2.24, 2.45) is 13.0 Å². The number of nitrogens with one attached hydrogen (secondary N) is 2. The van der Waals surface area contributed by atoms with Gasteiger partial charge in [0.05, 0.1) is 23.0 Å². The molecule has 3 aromatic heterocycles. The maximum atomic E-state index is 15.5. The number of pyridine rings is 1. The van der Waals surface area contributed by atoms with Crippen molar-refractivity contribution in [3.05, 3.63) is 82.3 Å². The zero-order valence-corrected chi connectivity index (χ0v) is 29.2. The van der Waals surface area contributed by atoms with E-state index in [-0.39, 0.29) is 35.6 Å². The van der Waals surface area contributed by atoms with Crippen LogP contribution in [0.15, 0.2) is 59.8 Å². The first kappa shape index (κ1) is 35.0. The van der Waals surface area contributed by atoms with E-state index in [1.165, 1.54) is 10.6 Å². The molecule has 4 N–H and O–H groups in total. The highest BCUT2D eigenvalue weighted by atomic mass is 19.1. The van der Waals surface area contributed by atoms with Crippen molar-refractivity contribution in [3.8, 4) is 17.1 Å². The Bertz CT molecular complexity index is 2190. The second-order valence-electron chi connectivity index (χ2n) is 13.9. The molecule has 15 heteroatoms. The van der Waals surface area contributed by atoms with Crippen LogP contribution in [-0.4, -0.2) is 53.0 Å². The van der Waals surface area contributed by atoms with E-state index in [1.54, 1.807) is 89.2 Å². The Kier molecular flexibility index (Phi) is 9.47. The van der Waals surface area contributed by atoms with Crippen LogP contribution in [0.5, 0.6) is 0 Å². The van der Waals surface area contributed by atoms with Crippen LogP contribution in [0.1, 0.15) is 64.5 Å². The molecule has 2 aromatic carbocycles. The van der Waals surface area contributed by atoms with Crippen molar-refractivity contribution in [3.63, 3.8) is 0 Å². The minimum Gasteiger partial charge on any atom is -0.459 e. The molecule has 5 aromatic rings. The molecule has 51 heavy (non-hydrogen) atoms. The number of aromatic nitrogens is 6. The topological polar surface area (TPSA) is 181 Å². The second-order valence-corrected chi connectivity index (χ2v) is 13.9. The van der Waals surface area contributed by atoms with Gasteiger partial charge in [0.25, 0.3) is 5.56 Å². The molecular formula is C36H40FN9O5. The number of ether oxygens (including phenoxy) is 2. The van der Waals surface area contributed by atoms with E-state index in [1.807, 2.05) is 6.07 Å². The molecular weight excluding hydrogens is 657 g/mol. The lowest BCUT2D eigenvalue weighted by Crippen LogP contribution is -2.47. The van der Waals surface area contributed by atoms with Gasteiger partial charge in [-0.1, -0.05) is 32.0 Å². The van der Waals surface area contributed by atoms with Crippen LogP contribution >= 0.6 is 0 Å². The molecule has 6 rings (SSSR count). The van der Waals surface area contributed by atoms with Gasteiger partial charge in [0, 0.05) is 30.6 Å². The summed E-state index contributed by atoms with van der Waals surface area (Å²) in [5.41, 5.74) is 7.18. The van der Waals surface area contributed by atoms with Crippen LogP contribution in [0.3, 0.4) is 0 Å². The highest BCUT2D eigenvalue weighted by molar-refractivity contribution is 5.84. The molecule has 1 atom stereocenters. The van der Waals surface area contributed by atoms with Gasteiger partial charge in [-0.15, -0.1) is 0 Å². The zero-order chi connectivity index (χ0) is 36.6. The molecule has 0 spiro atoms. The van der Waals surface area contributed by atoms with Gasteiger partial charge in [0.2, 0.25) is 11.9 Å². The number of hydrogen-bond acceptors (Lipinski definition) is 11. The minimum absolute atomic E-state index is 0.0657. The number of nitrogens with zero attached hydrogens (tertiary/aromatic N) is 6. The first-order chi connectivity index (χ1) is 24.2. The van der Waals surface area contributed by atoms with Crippen LogP contribution in [0, 0.1) is 11.7 Å². The van der Waals surface area contributed by atoms with Gasteiger partial charge >= 0.3 is 12.1 Å². The third-order valence-electron chi connectivity index (χ3n) is 8.24. The lowest BCUT2D eigenvalue weighted by atomic mass is 10.0. The molecule has 0 radical (unpaired) electrons. The Morgan fingerprint density at radius 2 is 1.88 bits per heavy atom. The average molecular weight is 698 g/mol. The number of hydrogen-bond donors (Lipinski definition) is 3. The van der Waals surface area contributed by atoms with Crippen molar-refractivity contribution in [2.45, 2.75) is 71.6 Å². The summed E-state index contributed by atoms with van der Waals surface area (Å²) < 4.78 is 29.6. The van der Waals surface area contributed by atoms with Crippen molar-refractivity contribution in [1.29, 1.82) is 0 Å². The fraction of sp³-hybridized carbons (Fsp3) is 0.361. The number of amides is 1. The molecule has 1 saturated carbocycles. The molecule has 266 valence electrons. The highest BCUT2D eigenvalue weighted by Crippen LogP contribution is 2.41. The number of anilines is 3. The summed E-state index contributed by atoms with van der Waals surface area (Å²) in [4.78, 5) is 53.3. The zero-order valence-electron chi connectivity index (χ0n) is 29.2. The number of nitrogen functional groups attached to an aromatic ring is 1. The summed E-state index contributed by atoms with van der Waals surface area (Å²) in [7, 11) is 1.76. The minimum atomic E-state index is -1.06. The molecule has 0 saturated heterocycles. The van der Waals surface area contributed by atoms with E-state index in [0.717, 1.165) is 18.4 Å². The number of rotatable bonds is 10. The summed E-state index contributed by atoms with van der Waals surface area (Å²) in [5, 5.41) is 10.2. The SMILES string of the molecule is CC(C)C(NC(=O)OC(C)(C)C)C(=O)OCc1c(-c2nc(N)nc(Nc3cnn(C)c3)n2)cccc1-n1ccc2cc(C3CC3)cc(F)c2c1=O. The number of carbonyl (C=O) groups is 2. The first-order valence-electron chi connectivity index (χ1n) is 16.6. The molecule has 1 amide bonds. The van der Waals surface area contributed by atoms with Crippen LogP contribution < -0.4 is 21.9 Å². The van der Waals surface area contributed by atoms with Gasteiger partial charge in [0.1, 0.15) is 24.1 Å². The quantitative estimate of drug-likeness (QED) is 0.157. The second kappa shape index (κ2) is 13.8. The van der Waals surface area contributed by atoms with Gasteiger partial charge in [-0.25, -0.2) is 14.0 Å². The number of fused-ring (bicyclic) bond motifs is 1. The maximum Gasteiger partial charge on any atom is 0.408 e. The third kappa shape index (κ3) is 7.97. The molecule has 3 heterocycles. The Balaban J connectivity index is 1.42. The van der Waals surface area contributed by atoms with Gasteiger partial charge in [-0.2, -0.15) is 20.1 Å². The molecule has 1 unspecified atom stereocenters. The van der Waals surface area contributed by atoms with E-state index in [2.05, 4.69) is 30.7 Å². The summed E-state index contributed by atoms with van der Waals surface area (Å²) in [6.07, 6.45) is 6.07. The summed E-state index contributed by atoms with van der Waals surface area (Å²) in [6.45, 7) is 8.27. The summed E-state index contributed by atoms with van der Waals surface area (Å²) in [5.74, 6) is -1.28. The number of nitrogens with two attached hydrogens (primary N) is 1. The van der Waals surface area contributed by atoms with Crippen LogP contribution in [-0.2, 0) is 27.9 Å².